The minimum atomic E-state index is 0.0923. The Labute approximate surface area is 112 Å². The number of carbonyl (C=O) groups excluding carboxylic acids is 1. The SMILES string of the molecule is CC1OCCC1C(=O)N1CCCCCC1CBr. The predicted molar refractivity (Wildman–Crippen MR) is 71.3 cm³/mol. The van der Waals surface area contributed by atoms with Crippen LogP contribution in [0.3, 0.4) is 0 Å². The largest absolute Gasteiger partial charge is 0.378 e. The summed E-state index contributed by atoms with van der Waals surface area (Å²) in [5, 5.41) is 0.903. The van der Waals surface area contributed by atoms with E-state index in [1.165, 1.54) is 12.8 Å². The second kappa shape index (κ2) is 6.19. The van der Waals surface area contributed by atoms with Gasteiger partial charge < -0.3 is 9.64 Å². The molecule has 2 heterocycles. The molecule has 2 rings (SSSR count). The molecule has 3 nitrogen and oxygen atoms in total. The fourth-order valence-electron chi connectivity index (χ4n) is 2.90. The highest BCUT2D eigenvalue weighted by Crippen LogP contribution is 2.27. The summed E-state index contributed by atoms with van der Waals surface area (Å²) in [6, 6.07) is 0.387. The molecule has 0 saturated carbocycles. The average Bonchev–Trinajstić information content (AvgIpc) is 2.64. The number of carbonyl (C=O) groups is 1. The highest BCUT2D eigenvalue weighted by atomic mass is 79.9. The summed E-state index contributed by atoms with van der Waals surface area (Å²) in [6.45, 7) is 3.69. The van der Waals surface area contributed by atoms with E-state index in [0.717, 1.165) is 37.7 Å². The Balaban J connectivity index is 2.04. The normalized spacial score (nSPS) is 34.7. The third-order valence-electron chi connectivity index (χ3n) is 4.03. The van der Waals surface area contributed by atoms with E-state index in [9.17, 15) is 4.79 Å². The summed E-state index contributed by atoms with van der Waals surface area (Å²) in [5.74, 6) is 0.413. The second-order valence-corrected chi connectivity index (χ2v) is 5.81. The highest BCUT2D eigenvalue weighted by molar-refractivity contribution is 9.09. The van der Waals surface area contributed by atoms with Gasteiger partial charge in [-0.2, -0.15) is 0 Å². The van der Waals surface area contributed by atoms with Gasteiger partial charge in [0.1, 0.15) is 0 Å². The topological polar surface area (TPSA) is 29.5 Å². The summed E-state index contributed by atoms with van der Waals surface area (Å²) < 4.78 is 5.52. The minimum absolute atomic E-state index is 0.0923. The van der Waals surface area contributed by atoms with Gasteiger partial charge in [-0.25, -0.2) is 0 Å². The van der Waals surface area contributed by atoms with Gasteiger partial charge in [-0.3, -0.25) is 4.79 Å². The molecule has 0 radical (unpaired) electrons. The lowest BCUT2D eigenvalue weighted by molar-refractivity contribution is -0.138. The van der Waals surface area contributed by atoms with Crippen LogP contribution in [-0.4, -0.2) is 41.4 Å². The van der Waals surface area contributed by atoms with Gasteiger partial charge in [-0.05, 0) is 26.2 Å². The predicted octanol–water partition coefficient (Wildman–Crippen LogP) is 2.58. The molecule has 1 amide bonds. The molecular weight excluding hydrogens is 282 g/mol. The summed E-state index contributed by atoms with van der Waals surface area (Å²) >= 11 is 3.55. The van der Waals surface area contributed by atoms with E-state index >= 15 is 0 Å². The summed E-state index contributed by atoms with van der Waals surface area (Å²) in [7, 11) is 0. The quantitative estimate of drug-likeness (QED) is 0.734. The van der Waals surface area contributed by atoms with Crippen LogP contribution < -0.4 is 0 Å². The lowest BCUT2D eigenvalue weighted by Crippen LogP contribution is -2.45. The van der Waals surface area contributed by atoms with E-state index in [0.29, 0.717) is 11.9 Å². The summed E-state index contributed by atoms with van der Waals surface area (Å²) in [6.07, 6.45) is 5.78. The van der Waals surface area contributed by atoms with E-state index in [1.807, 2.05) is 6.92 Å². The number of alkyl halides is 1. The minimum Gasteiger partial charge on any atom is -0.378 e. The number of hydrogen-bond donors (Lipinski definition) is 0. The monoisotopic (exact) mass is 303 g/mol. The maximum atomic E-state index is 12.6. The average molecular weight is 304 g/mol. The van der Waals surface area contributed by atoms with Crippen molar-refractivity contribution in [1.29, 1.82) is 0 Å². The molecule has 4 heteroatoms. The Kier molecular flexibility index (Phi) is 4.86. The van der Waals surface area contributed by atoms with Gasteiger partial charge in [0.15, 0.2) is 0 Å². The van der Waals surface area contributed by atoms with Crippen molar-refractivity contribution in [1.82, 2.24) is 4.90 Å². The molecule has 98 valence electrons. The first-order chi connectivity index (χ1) is 8.24. The van der Waals surface area contributed by atoms with Crippen LogP contribution in [0.25, 0.3) is 0 Å². The molecule has 0 bridgehead atoms. The molecule has 0 N–H and O–H groups in total. The fraction of sp³-hybridized carbons (Fsp3) is 0.923. The number of nitrogens with zero attached hydrogens (tertiary/aromatic N) is 1. The number of ether oxygens (including phenoxy) is 1. The number of rotatable bonds is 2. The van der Waals surface area contributed by atoms with Crippen molar-refractivity contribution in [2.24, 2.45) is 5.92 Å². The Morgan fingerprint density at radius 3 is 2.82 bits per heavy atom. The molecule has 2 aliphatic rings. The van der Waals surface area contributed by atoms with Crippen LogP contribution in [0.15, 0.2) is 0 Å². The first-order valence-electron chi connectivity index (χ1n) is 6.72. The first kappa shape index (κ1) is 13.3. The van der Waals surface area contributed by atoms with Crippen LogP contribution in [0, 0.1) is 5.92 Å². The van der Waals surface area contributed by atoms with Crippen LogP contribution in [0.1, 0.15) is 39.0 Å². The lowest BCUT2D eigenvalue weighted by atomic mass is 10.00. The van der Waals surface area contributed by atoms with Crippen molar-refractivity contribution in [2.45, 2.75) is 51.2 Å². The van der Waals surface area contributed by atoms with E-state index in [4.69, 9.17) is 4.74 Å². The molecule has 0 aromatic heterocycles. The molecule has 0 aromatic rings. The molecule has 0 aromatic carbocycles. The smallest absolute Gasteiger partial charge is 0.228 e. The number of amides is 1. The zero-order valence-corrected chi connectivity index (χ0v) is 12.1. The third kappa shape index (κ3) is 3.02. The zero-order valence-electron chi connectivity index (χ0n) is 10.5. The molecular formula is C13H22BrNO2. The molecule has 0 aliphatic carbocycles. The molecule has 0 spiro atoms. The van der Waals surface area contributed by atoms with Crippen LogP contribution in [0.5, 0.6) is 0 Å². The summed E-state index contributed by atoms with van der Waals surface area (Å²) in [4.78, 5) is 14.7. The van der Waals surface area contributed by atoms with Crippen LogP contribution in [-0.2, 0) is 9.53 Å². The number of likely N-dealkylation sites (tertiary alicyclic amines) is 1. The van der Waals surface area contributed by atoms with E-state index in [-0.39, 0.29) is 12.0 Å². The Hall–Kier alpha value is -0.0900. The standard InChI is InChI=1S/C13H22BrNO2/c1-10-12(6-8-17-10)13(16)15-7-4-2-3-5-11(15)9-14/h10-12H,2-9H2,1H3. The molecule has 2 fully saturated rings. The van der Waals surface area contributed by atoms with Crippen molar-refractivity contribution < 1.29 is 9.53 Å². The second-order valence-electron chi connectivity index (χ2n) is 5.16. The zero-order chi connectivity index (χ0) is 12.3. The summed E-state index contributed by atoms with van der Waals surface area (Å²) in [5.41, 5.74) is 0. The van der Waals surface area contributed by atoms with Crippen molar-refractivity contribution in [2.75, 3.05) is 18.5 Å². The molecule has 2 aliphatic heterocycles. The Bertz CT molecular complexity index is 272. The van der Waals surface area contributed by atoms with Crippen molar-refractivity contribution in [3.63, 3.8) is 0 Å². The molecule has 2 saturated heterocycles. The van der Waals surface area contributed by atoms with Gasteiger partial charge in [0.2, 0.25) is 5.91 Å². The van der Waals surface area contributed by atoms with Gasteiger partial charge in [-0.1, -0.05) is 28.8 Å². The van der Waals surface area contributed by atoms with Crippen LogP contribution in [0.2, 0.25) is 0 Å². The lowest BCUT2D eigenvalue weighted by Gasteiger charge is -2.31. The third-order valence-corrected chi connectivity index (χ3v) is 4.78. The molecule has 17 heavy (non-hydrogen) atoms. The molecule has 3 atom stereocenters. The van der Waals surface area contributed by atoms with Crippen molar-refractivity contribution in [3.8, 4) is 0 Å². The first-order valence-corrected chi connectivity index (χ1v) is 7.84. The van der Waals surface area contributed by atoms with Gasteiger partial charge in [0, 0.05) is 24.5 Å². The van der Waals surface area contributed by atoms with Gasteiger partial charge in [0.25, 0.3) is 0 Å². The fourth-order valence-corrected chi connectivity index (χ4v) is 3.57. The van der Waals surface area contributed by atoms with E-state index < -0.39 is 0 Å². The molecule has 3 unspecified atom stereocenters. The Morgan fingerprint density at radius 2 is 2.18 bits per heavy atom. The number of hydrogen-bond acceptors (Lipinski definition) is 2. The van der Waals surface area contributed by atoms with Crippen LogP contribution in [0.4, 0.5) is 0 Å². The highest BCUT2D eigenvalue weighted by Gasteiger charge is 2.36. The van der Waals surface area contributed by atoms with Gasteiger partial charge in [-0.15, -0.1) is 0 Å². The van der Waals surface area contributed by atoms with Crippen LogP contribution >= 0.6 is 15.9 Å². The number of halogens is 1. The van der Waals surface area contributed by atoms with Gasteiger partial charge in [0.05, 0.1) is 12.0 Å². The van der Waals surface area contributed by atoms with E-state index in [2.05, 4.69) is 20.8 Å². The van der Waals surface area contributed by atoms with Crippen molar-refractivity contribution >= 4 is 21.8 Å². The maximum absolute atomic E-state index is 12.6. The maximum Gasteiger partial charge on any atom is 0.228 e. The van der Waals surface area contributed by atoms with Crippen molar-refractivity contribution in [3.05, 3.63) is 0 Å². The Morgan fingerprint density at radius 1 is 1.35 bits per heavy atom. The van der Waals surface area contributed by atoms with Gasteiger partial charge >= 0.3 is 0 Å². The van der Waals surface area contributed by atoms with E-state index in [1.54, 1.807) is 0 Å².